The van der Waals surface area contributed by atoms with Crippen LogP contribution < -0.4 is 5.32 Å². The van der Waals surface area contributed by atoms with Gasteiger partial charge in [-0.1, -0.05) is 0 Å². The lowest BCUT2D eigenvalue weighted by Crippen LogP contribution is -2.48. The number of rotatable bonds is 3. The predicted molar refractivity (Wildman–Crippen MR) is 73.9 cm³/mol. The van der Waals surface area contributed by atoms with Crippen LogP contribution >= 0.6 is 0 Å². The van der Waals surface area contributed by atoms with Crippen LogP contribution in [0.3, 0.4) is 0 Å². The minimum atomic E-state index is -0.136. The van der Waals surface area contributed by atoms with Gasteiger partial charge in [-0.25, -0.2) is 4.79 Å². The maximum Gasteiger partial charge on any atom is 0.319 e. The monoisotopic (exact) mass is 279 g/mol. The number of likely N-dealkylation sites (tertiary alicyclic amines) is 1. The van der Waals surface area contributed by atoms with E-state index >= 15 is 0 Å². The first-order valence-electron chi connectivity index (χ1n) is 6.84. The summed E-state index contributed by atoms with van der Waals surface area (Å²) in [6.07, 6.45) is 3.26. The van der Waals surface area contributed by atoms with Gasteiger partial charge in [-0.3, -0.25) is 4.79 Å². The van der Waals surface area contributed by atoms with Crippen molar-refractivity contribution in [2.24, 2.45) is 5.92 Å². The van der Waals surface area contributed by atoms with Crippen LogP contribution in [0.2, 0.25) is 0 Å². The number of furan rings is 1. The molecule has 2 rings (SSSR count). The Kier molecular flexibility index (Phi) is 4.65. The Balaban J connectivity index is 1.85. The predicted octanol–water partition coefficient (Wildman–Crippen LogP) is 1.29. The first kappa shape index (κ1) is 14.4. The van der Waals surface area contributed by atoms with E-state index in [2.05, 4.69) is 5.32 Å². The lowest BCUT2D eigenvalue weighted by molar-refractivity contribution is -0.126. The molecule has 0 saturated carbocycles. The highest BCUT2D eigenvalue weighted by Crippen LogP contribution is 2.17. The van der Waals surface area contributed by atoms with Crippen LogP contribution in [0, 0.1) is 5.92 Å². The Morgan fingerprint density at radius 3 is 2.95 bits per heavy atom. The van der Waals surface area contributed by atoms with E-state index in [9.17, 15) is 9.59 Å². The third kappa shape index (κ3) is 3.53. The summed E-state index contributed by atoms with van der Waals surface area (Å²) in [4.78, 5) is 27.3. The fourth-order valence-electron chi connectivity index (χ4n) is 2.38. The highest BCUT2D eigenvalue weighted by molar-refractivity contribution is 5.80. The van der Waals surface area contributed by atoms with Gasteiger partial charge in [0, 0.05) is 27.2 Å². The van der Waals surface area contributed by atoms with Crippen LogP contribution in [0.4, 0.5) is 4.79 Å². The van der Waals surface area contributed by atoms with Crippen LogP contribution in [0.5, 0.6) is 0 Å². The van der Waals surface area contributed by atoms with Gasteiger partial charge >= 0.3 is 6.03 Å². The summed E-state index contributed by atoms with van der Waals surface area (Å²) in [6, 6.07) is 3.58. The molecule has 0 bridgehead atoms. The van der Waals surface area contributed by atoms with Crippen molar-refractivity contribution in [3.63, 3.8) is 0 Å². The van der Waals surface area contributed by atoms with Crippen LogP contribution in [0.1, 0.15) is 18.6 Å². The third-order valence-electron chi connectivity index (χ3n) is 3.46. The van der Waals surface area contributed by atoms with E-state index in [0.717, 1.165) is 25.1 Å². The molecule has 1 atom stereocenters. The maximum absolute atomic E-state index is 12.1. The van der Waals surface area contributed by atoms with Crippen molar-refractivity contribution in [3.8, 4) is 0 Å². The molecule has 1 fully saturated rings. The molecular weight excluding hydrogens is 258 g/mol. The number of nitrogens with zero attached hydrogens (tertiary/aromatic N) is 2. The average Bonchev–Trinajstić information content (AvgIpc) is 2.97. The van der Waals surface area contributed by atoms with Gasteiger partial charge in [0.05, 0.1) is 18.7 Å². The summed E-state index contributed by atoms with van der Waals surface area (Å²) in [5.74, 6) is 0.579. The van der Waals surface area contributed by atoms with Gasteiger partial charge in [-0.15, -0.1) is 0 Å². The van der Waals surface area contributed by atoms with E-state index in [0.29, 0.717) is 13.1 Å². The SMILES string of the molecule is CN(C)C(=O)N1CCCC(C(=O)NCc2ccco2)C1. The molecule has 0 radical (unpaired) electrons. The highest BCUT2D eigenvalue weighted by Gasteiger charge is 2.28. The van der Waals surface area contributed by atoms with Crippen molar-refractivity contribution in [2.75, 3.05) is 27.2 Å². The second-order valence-electron chi connectivity index (χ2n) is 5.26. The van der Waals surface area contributed by atoms with Crippen molar-refractivity contribution in [2.45, 2.75) is 19.4 Å². The second-order valence-corrected chi connectivity index (χ2v) is 5.26. The number of carbonyl (C=O) groups excluding carboxylic acids is 2. The summed E-state index contributed by atoms with van der Waals surface area (Å²) in [7, 11) is 3.45. The number of nitrogens with one attached hydrogen (secondary N) is 1. The lowest BCUT2D eigenvalue weighted by atomic mass is 9.97. The number of piperidine rings is 1. The minimum absolute atomic E-state index is 0.0161. The fourth-order valence-corrected chi connectivity index (χ4v) is 2.38. The van der Waals surface area contributed by atoms with Crippen molar-refractivity contribution < 1.29 is 14.0 Å². The van der Waals surface area contributed by atoms with Crippen molar-refractivity contribution in [1.82, 2.24) is 15.1 Å². The minimum Gasteiger partial charge on any atom is -0.467 e. The van der Waals surface area contributed by atoms with Gasteiger partial charge in [0.2, 0.25) is 5.91 Å². The molecule has 1 N–H and O–H groups in total. The Bertz CT molecular complexity index is 456. The van der Waals surface area contributed by atoms with E-state index in [1.807, 2.05) is 6.07 Å². The average molecular weight is 279 g/mol. The molecular formula is C14H21N3O3. The summed E-state index contributed by atoms with van der Waals surface area (Å²) < 4.78 is 5.18. The molecule has 20 heavy (non-hydrogen) atoms. The number of hydrogen-bond donors (Lipinski definition) is 1. The van der Waals surface area contributed by atoms with E-state index in [-0.39, 0.29) is 17.9 Å². The van der Waals surface area contributed by atoms with Crippen molar-refractivity contribution >= 4 is 11.9 Å². The first-order valence-corrected chi connectivity index (χ1v) is 6.84. The molecule has 1 aromatic heterocycles. The Labute approximate surface area is 118 Å². The van der Waals surface area contributed by atoms with Gasteiger partial charge in [-0.05, 0) is 25.0 Å². The molecule has 1 aliphatic rings. The van der Waals surface area contributed by atoms with E-state index in [1.165, 1.54) is 0 Å². The first-order chi connectivity index (χ1) is 9.58. The summed E-state index contributed by atoms with van der Waals surface area (Å²) in [5.41, 5.74) is 0. The Hall–Kier alpha value is -1.98. The lowest BCUT2D eigenvalue weighted by Gasteiger charge is -2.33. The van der Waals surface area contributed by atoms with E-state index < -0.39 is 0 Å². The zero-order chi connectivity index (χ0) is 14.5. The normalized spacial score (nSPS) is 18.7. The number of carbonyl (C=O) groups is 2. The van der Waals surface area contributed by atoms with Gasteiger partial charge in [0.1, 0.15) is 5.76 Å². The molecule has 6 nitrogen and oxygen atoms in total. The second kappa shape index (κ2) is 6.45. The van der Waals surface area contributed by atoms with Crippen molar-refractivity contribution in [3.05, 3.63) is 24.2 Å². The van der Waals surface area contributed by atoms with Gasteiger partial charge in [0.15, 0.2) is 0 Å². The molecule has 1 aliphatic heterocycles. The third-order valence-corrected chi connectivity index (χ3v) is 3.46. The van der Waals surface area contributed by atoms with Crippen LogP contribution in [0.15, 0.2) is 22.8 Å². The zero-order valence-corrected chi connectivity index (χ0v) is 12.0. The molecule has 1 saturated heterocycles. The number of hydrogen-bond acceptors (Lipinski definition) is 3. The molecule has 0 spiro atoms. The standard InChI is InChI=1S/C14H21N3O3/c1-16(2)14(19)17-7-3-5-11(10-17)13(18)15-9-12-6-4-8-20-12/h4,6,8,11H,3,5,7,9-10H2,1-2H3,(H,15,18). The summed E-state index contributed by atoms with van der Waals surface area (Å²) in [5, 5.41) is 2.86. The molecule has 1 unspecified atom stereocenters. The largest absolute Gasteiger partial charge is 0.467 e. The molecule has 3 amide bonds. The van der Waals surface area contributed by atoms with Gasteiger partial charge in [-0.2, -0.15) is 0 Å². The molecule has 0 aromatic carbocycles. The molecule has 2 heterocycles. The van der Waals surface area contributed by atoms with Crippen LogP contribution in [-0.2, 0) is 11.3 Å². The molecule has 110 valence electrons. The number of amides is 3. The van der Waals surface area contributed by atoms with Crippen molar-refractivity contribution in [1.29, 1.82) is 0 Å². The summed E-state index contributed by atoms with van der Waals surface area (Å²) in [6.45, 7) is 1.60. The Morgan fingerprint density at radius 1 is 1.50 bits per heavy atom. The van der Waals surface area contributed by atoms with Gasteiger partial charge < -0.3 is 19.5 Å². The molecule has 0 aliphatic carbocycles. The van der Waals surface area contributed by atoms with Gasteiger partial charge in [0.25, 0.3) is 0 Å². The zero-order valence-electron chi connectivity index (χ0n) is 12.0. The van der Waals surface area contributed by atoms with E-state index in [4.69, 9.17) is 4.42 Å². The smallest absolute Gasteiger partial charge is 0.319 e. The van der Waals surface area contributed by atoms with E-state index in [1.54, 1.807) is 36.2 Å². The van der Waals surface area contributed by atoms with Crippen LogP contribution in [0.25, 0.3) is 0 Å². The molecule has 1 aromatic rings. The topological polar surface area (TPSA) is 65.8 Å². The highest BCUT2D eigenvalue weighted by atomic mass is 16.3. The fraction of sp³-hybridized carbons (Fsp3) is 0.571. The van der Waals surface area contributed by atoms with Crippen LogP contribution in [-0.4, -0.2) is 48.9 Å². The quantitative estimate of drug-likeness (QED) is 0.906. The Morgan fingerprint density at radius 2 is 2.30 bits per heavy atom. The summed E-state index contributed by atoms with van der Waals surface area (Å²) >= 11 is 0. The maximum atomic E-state index is 12.1. The molecule has 6 heteroatoms. The number of urea groups is 1.